The van der Waals surface area contributed by atoms with Crippen molar-refractivity contribution < 1.29 is 33.3 Å². The second-order valence-electron chi connectivity index (χ2n) is 3.47. The van der Waals surface area contributed by atoms with Crippen LogP contribution in [0.2, 0.25) is 0 Å². The van der Waals surface area contributed by atoms with Gasteiger partial charge in [0.15, 0.2) is 6.10 Å². The van der Waals surface area contributed by atoms with Crippen molar-refractivity contribution in [2.24, 2.45) is 0 Å². The van der Waals surface area contributed by atoms with Gasteiger partial charge in [0.1, 0.15) is 12.0 Å². The summed E-state index contributed by atoms with van der Waals surface area (Å²) in [6, 6.07) is 2.16. The lowest BCUT2D eigenvalue weighted by Crippen LogP contribution is -2.14. The van der Waals surface area contributed by atoms with Gasteiger partial charge in [0.2, 0.25) is 0 Å². The first-order valence-corrected chi connectivity index (χ1v) is 4.82. The highest BCUT2D eigenvalue weighted by Gasteiger charge is 2.22. The normalized spacial score (nSPS) is 12.3. The van der Waals surface area contributed by atoms with Gasteiger partial charge in [0.25, 0.3) is 0 Å². The number of carbonyl (C=O) groups is 2. The molecule has 2 N–H and O–H groups in total. The Morgan fingerprint density at radius 1 is 1.44 bits per heavy atom. The van der Waals surface area contributed by atoms with E-state index in [2.05, 4.69) is 4.74 Å². The lowest BCUT2D eigenvalue weighted by molar-refractivity contribution is -0.147. The predicted molar refractivity (Wildman–Crippen MR) is 55.8 cm³/mol. The number of aldehydes is 1. The van der Waals surface area contributed by atoms with E-state index in [0.717, 1.165) is 12.1 Å². The molecule has 0 saturated carbocycles. The van der Waals surface area contributed by atoms with Gasteiger partial charge in [-0.05, 0) is 30.2 Å². The largest absolute Gasteiger partial charge is 0.479 e. The van der Waals surface area contributed by atoms with Crippen LogP contribution in [0.4, 0.5) is 8.78 Å². The van der Waals surface area contributed by atoms with Gasteiger partial charge in [-0.15, -0.1) is 0 Å². The molecule has 1 aromatic rings. The van der Waals surface area contributed by atoms with Crippen LogP contribution in [0, 0.1) is 6.92 Å². The summed E-state index contributed by atoms with van der Waals surface area (Å²) >= 11 is 0. The molecule has 1 atom stereocenters. The Kier molecular flexibility index (Phi) is 4.33. The first-order chi connectivity index (χ1) is 8.36. The number of halogens is 2. The molecule has 1 unspecified atom stereocenters. The molecule has 1 rings (SSSR count). The fourth-order valence-corrected chi connectivity index (χ4v) is 1.43. The van der Waals surface area contributed by atoms with Crippen LogP contribution in [0.15, 0.2) is 12.1 Å². The highest BCUT2D eigenvalue weighted by Crippen LogP contribution is 2.29. The SMILES string of the molecule is Cc1c(OC(F)F)cc(C=O)cc1C(O)C(=O)O. The van der Waals surface area contributed by atoms with Crippen molar-refractivity contribution in [1.29, 1.82) is 0 Å². The Bertz CT molecular complexity index is 473. The van der Waals surface area contributed by atoms with E-state index in [1.54, 1.807) is 0 Å². The smallest absolute Gasteiger partial charge is 0.387 e. The van der Waals surface area contributed by atoms with E-state index in [0.29, 0.717) is 6.29 Å². The molecule has 18 heavy (non-hydrogen) atoms. The first-order valence-electron chi connectivity index (χ1n) is 4.82. The zero-order chi connectivity index (χ0) is 13.9. The summed E-state index contributed by atoms with van der Waals surface area (Å²) in [6.07, 6.45) is -1.57. The number of aliphatic hydroxyl groups excluding tert-OH is 1. The van der Waals surface area contributed by atoms with Crippen molar-refractivity contribution in [1.82, 2.24) is 0 Å². The predicted octanol–water partition coefficient (Wildman–Crippen LogP) is 1.53. The van der Waals surface area contributed by atoms with E-state index >= 15 is 0 Å². The molecule has 0 radical (unpaired) electrons. The third-order valence-corrected chi connectivity index (χ3v) is 2.30. The van der Waals surface area contributed by atoms with Crippen LogP contribution in [0.1, 0.15) is 27.6 Å². The van der Waals surface area contributed by atoms with Gasteiger partial charge >= 0.3 is 12.6 Å². The summed E-state index contributed by atoms with van der Waals surface area (Å²) in [5.41, 5.74) is -0.190. The Morgan fingerprint density at radius 3 is 2.50 bits per heavy atom. The van der Waals surface area contributed by atoms with E-state index in [4.69, 9.17) is 5.11 Å². The molecular formula is C11H10F2O5. The van der Waals surface area contributed by atoms with E-state index in [-0.39, 0.29) is 22.4 Å². The summed E-state index contributed by atoms with van der Waals surface area (Å²) in [5.74, 6) is -1.89. The average Bonchev–Trinajstić information content (AvgIpc) is 2.30. The van der Waals surface area contributed by atoms with E-state index in [1.807, 2.05) is 0 Å². The molecule has 0 bridgehead atoms. The number of rotatable bonds is 5. The molecular weight excluding hydrogens is 250 g/mol. The number of ether oxygens (including phenoxy) is 1. The fourth-order valence-electron chi connectivity index (χ4n) is 1.43. The zero-order valence-corrected chi connectivity index (χ0v) is 9.26. The summed E-state index contributed by atoms with van der Waals surface area (Å²) in [4.78, 5) is 21.3. The number of carboxylic acid groups (broad SMARTS) is 1. The topological polar surface area (TPSA) is 83.8 Å². The molecule has 98 valence electrons. The van der Waals surface area contributed by atoms with Gasteiger partial charge in [-0.3, -0.25) is 4.79 Å². The molecule has 1 aromatic carbocycles. The monoisotopic (exact) mass is 260 g/mol. The second-order valence-corrected chi connectivity index (χ2v) is 3.47. The van der Waals surface area contributed by atoms with Crippen molar-refractivity contribution >= 4 is 12.3 Å². The first kappa shape index (κ1) is 14.0. The van der Waals surface area contributed by atoms with Crippen molar-refractivity contribution in [3.05, 3.63) is 28.8 Å². The number of carbonyl (C=O) groups excluding carboxylic acids is 1. The maximum absolute atomic E-state index is 12.1. The fraction of sp³-hybridized carbons (Fsp3) is 0.273. The number of aliphatic hydroxyl groups is 1. The molecule has 0 aliphatic heterocycles. The molecule has 0 aliphatic rings. The Hall–Kier alpha value is -2.02. The van der Waals surface area contributed by atoms with Crippen LogP contribution >= 0.6 is 0 Å². The number of aliphatic carboxylic acids is 1. The van der Waals surface area contributed by atoms with Crippen LogP contribution in [0.3, 0.4) is 0 Å². The summed E-state index contributed by atoms with van der Waals surface area (Å²) in [6.45, 7) is -1.80. The molecule has 5 nitrogen and oxygen atoms in total. The van der Waals surface area contributed by atoms with Crippen LogP contribution in [-0.2, 0) is 4.79 Å². The minimum atomic E-state index is -3.11. The molecule has 0 aliphatic carbocycles. The number of hydrogen-bond acceptors (Lipinski definition) is 4. The van der Waals surface area contributed by atoms with Gasteiger partial charge in [-0.1, -0.05) is 0 Å². The van der Waals surface area contributed by atoms with Crippen LogP contribution in [0.5, 0.6) is 5.75 Å². The minimum absolute atomic E-state index is 0.0378. The van der Waals surface area contributed by atoms with Gasteiger partial charge < -0.3 is 14.9 Å². The molecule has 0 aromatic heterocycles. The molecule has 0 spiro atoms. The Balaban J connectivity index is 3.32. The van der Waals surface area contributed by atoms with E-state index in [9.17, 15) is 23.5 Å². The zero-order valence-electron chi connectivity index (χ0n) is 9.26. The maximum atomic E-state index is 12.1. The van der Waals surface area contributed by atoms with Gasteiger partial charge in [-0.2, -0.15) is 8.78 Å². The highest BCUT2D eigenvalue weighted by molar-refractivity contribution is 5.80. The standard InChI is InChI=1S/C11H10F2O5/c1-5-7(9(15)10(16)17)2-6(4-14)3-8(5)18-11(12)13/h2-4,9,11,15H,1H3,(H,16,17). The molecule has 0 heterocycles. The van der Waals surface area contributed by atoms with Crippen LogP contribution in [0.25, 0.3) is 0 Å². The third kappa shape index (κ3) is 3.01. The van der Waals surface area contributed by atoms with Crippen LogP contribution in [-0.4, -0.2) is 29.1 Å². The molecule has 0 saturated heterocycles. The quantitative estimate of drug-likeness (QED) is 0.784. The van der Waals surface area contributed by atoms with Gasteiger partial charge in [-0.25, -0.2) is 4.79 Å². The number of carboxylic acids is 1. The lowest BCUT2D eigenvalue weighted by Gasteiger charge is -2.15. The third-order valence-electron chi connectivity index (χ3n) is 2.30. The van der Waals surface area contributed by atoms with Gasteiger partial charge in [0, 0.05) is 5.56 Å². The Morgan fingerprint density at radius 2 is 2.06 bits per heavy atom. The highest BCUT2D eigenvalue weighted by atomic mass is 19.3. The van der Waals surface area contributed by atoms with Crippen molar-refractivity contribution in [3.63, 3.8) is 0 Å². The second kappa shape index (κ2) is 5.54. The maximum Gasteiger partial charge on any atom is 0.387 e. The number of alkyl halides is 2. The van der Waals surface area contributed by atoms with Crippen molar-refractivity contribution in [3.8, 4) is 5.75 Å². The van der Waals surface area contributed by atoms with Crippen molar-refractivity contribution in [2.75, 3.05) is 0 Å². The Labute approximate surface area is 101 Å². The number of benzene rings is 1. The number of hydrogen-bond donors (Lipinski definition) is 2. The summed E-state index contributed by atoms with van der Waals surface area (Å²) < 4.78 is 28.4. The van der Waals surface area contributed by atoms with Crippen molar-refractivity contribution in [2.45, 2.75) is 19.6 Å². The van der Waals surface area contributed by atoms with E-state index in [1.165, 1.54) is 6.92 Å². The molecule has 0 fully saturated rings. The summed E-state index contributed by atoms with van der Waals surface area (Å²) in [7, 11) is 0. The van der Waals surface area contributed by atoms with Crippen LogP contribution < -0.4 is 4.74 Å². The minimum Gasteiger partial charge on any atom is -0.479 e. The molecule has 0 amide bonds. The lowest BCUT2D eigenvalue weighted by atomic mass is 9.99. The van der Waals surface area contributed by atoms with Gasteiger partial charge in [0.05, 0.1) is 0 Å². The van der Waals surface area contributed by atoms with E-state index < -0.39 is 18.7 Å². The molecule has 7 heteroatoms. The summed E-state index contributed by atoms with van der Waals surface area (Å²) in [5, 5.41) is 18.1. The average molecular weight is 260 g/mol.